The standard InChI is InChI=1S/C39H67N3O11S2.C35H63N3O11.C4H6OS2/c43-34(16-13-11-9-7-5-3-1-2-4-6-8-10-12-14-18-38(47)48)26-32(39(49)50)19-20-36(45)41-22-23-51-24-25-52-27-35(44)17-15-21-40-37(46)28-53-42-33-29-54-31-55-30-33;36-49-28-33(42)37-21-15-17-31(40)27-48-25-24-47-23-22-38-32(41)20-19-29(35(45)46)26-30(39)16-13-11-9-7-5-3-1-2-4-6-8-10-12-14-18-34(43)44;5-4-1-6-3-7-2-4/h32H,1-31H2,(H,40,46)(H,41,45)(H,47,48)(H,49,50);29H,1-28,36H2,(H,37,42)(H,38,41)(H,43,44)(H,45,46);1-3H2/t32-;29-;/m11./s1. The number of thioether (sulfide) groups is 4. The fourth-order valence-corrected chi connectivity index (χ4v) is 15.3. The summed E-state index contributed by atoms with van der Waals surface area (Å²) in [7, 11) is 0. The number of oxime groups is 1. The van der Waals surface area contributed by atoms with Gasteiger partial charge in [-0.05, 0) is 51.4 Å². The molecule has 0 aromatic heterocycles. The van der Waals surface area contributed by atoms with Gasteiger partial charge in [0.25, 0.3) is 5.91 Å². The zero-order chi connectivity index (χ0) is 81.7. The third kappa shape index (κ3) is 77.1. The Morgan fingerprint density at radius 2 is 0.649 bits per heavy atom. The van der Waals surface area contributed by atoms with Crippen molar-refractivity contribution in [3.05, 3.63) is 0 Å². The average molecular weight is 1650 g/mol. The third-order valence-electron chi connectivity index (χ3n) is 17.6. The van der Waals surface area contributed by atoms with Crippen LogP contribution in [0.5, 0.6) is 0 Å². The molecule has 29 nitrogen and oxygen atoms in total. The van der Waals surface area contributed by atoms with E-state index in [0.717, 1.165) is 129 Å². The lowest BCUT2D eigenvalue weighted by Gasteiger charge is -2.12. The number of hydrogen-bond donors (Lipinski definition) is 9. The van der Waals surface area contributed by atoms with Crippen molar-refractivity contribution in [3.63, 3.8) is 0 Å². The van der Waals surface area contributed by atoms with E-state index in [4.69, 9.17) is 39.9 Å². The molecule has 4 amide bonds. The van der Waals surface area contributed by atoms with Crippen LogP contribution in [-0.2, 0) is 91.0 Å². The molecule has 0 aromatic carbocycles. The molecule has 2 rings (SSSR count). The Kier molecular flexibility index (Phi) is 74.9. The molecule has 0 aromatic rings. The van der Waals surface area contributed by atoms with Gasteiger partial charge in [-0.15, -0.1) is 47.0 Å². The monoisotopic (exact) mass is 1650 g/mol. The van der Waals surface area contributed by atoms with Crippen LogP contribution in [0, 0.1) is 11.8 Å². The normalized spacial score (nSPS) is 13.1. The third-order valence-corrected chi connectivity index (χ3v) is 22.4. The SMILES string of the molecule is NOCC(=O)NCCCC(=O)COCCOCCNC(=O)CC[C@H](CC(=O)CCCCCCCCCCCCCCCCC(=O)O)C(=O)O.O=C(O)CCCCCCCCCCCCCCCCC(=O)C[C@@H](CCC(=O)NCCOCCOCC(=O)CCCNC(=O)CON=C1CSCSC1)C(=O)O.O=C1CSCSC1. The first kappa shape index (κ1) is 106. The number of carboxylic acid groups (broad SMARTS) is 4. The topological polar surface area (TPSA) is 445 Å². The lowest BCUT2D eigenvalue weighted by Crippen LogP contribution is -2.30. The van der Waals surface area contributed by atoms with Gasteiger partial charge in [0.2, 0.25) is 17.7 Å². The summed E-state index contributed by atoms with van der Waals surface area (Å²) < 4.78 is 21.4. The molecule has 2 aliphatic rings. The molecular formula is C78H136N6O23S4. The van der Waals surface area contributed by atoms with Gasteiger partial charge in [-0.2, -0.15) is 0 Å². The highest BCUT2D eigenvalue weighted by Crippen LogP contribution is 2.22. The molecule has 0 aliphatic carbocycles. The van der Waals surface area contributed by atoms with Crippen LogP contribution < -0.4 is 27.2 Å². The van der Waals surface area contributed by atoms with Crippen LogP contribution in [0.15, 0.2) is 5.16 Å². The number of carboxylic acids is 4. The van der Waals surface area contributed by atoms with Crippen LogP contribution in [-0.4, -0.2) is 228 Å². The van der Waals surface area contributed by atoms with Crippen molar-refractivity contribution in [1.82, 2.24) is 21.3 Å². The van der Waals surface area contributed by atoms with Gasteiger partial charge in [-0.3, -0.25) is 67.2 Å². The summed E-state index contributed by atoms with van der Waals surface area (Å²) in [6, 6.07) is 0. The molecule has 2 saturated heterocycles. The van der Waals surface area contributed by atoms with Crippen LogP contribution in [0.2, 0.25) is 0 Å². The van der Waals surface area contributed by atoms with E-state index in [2.05, 4.69) is 31.3 Å². The van der Waals surface area contributed by atoms with Gasteiger partial charge in [0.05, 0.1) is 68.7 Å². The number of rotatable bonds is 75. The number of Topliss-reactive ketones (excluding diaryl/α,β-unsaturated/α-hetero) is 5. The van der Waals surface area contributed by atoms with Crippen molar-refractivity contribution >= 4 is 129 Å². The molecule has 0 unspecified atom stereocenters. The number of hydrogen-bond acceptors (Lipinski definition) is 25. The van der Waals surface area contributed by atoms with Crippen molar-refractivity contribution < 1.29 is 111 Å². The number of nitrogens with zero attached hydrogens (tertiary/aromatic N) is 1. The van der Waals surface area contributed by atoms with E-state index in [9.17, 15) is 72.5 Å². The number of aliphatic carboxylic acids is 4. The number of nitrogens with one attached hydrogen (secondary N) is 4. The van der Waals surface area contributed by atoms with E-state index in [0.29, 0.717) is 44.6 Å². The maximum absolute atomic E-state index is 12.4. The number of carbonyl (C=O) groups excluding carboxylic acids is 9. The van der Waals surface area contributed by atoms with Crippen LogP contribution >= 0.6 is 47.0 Å². The second kappa shape index (κ2) is 78.6. The van der Waals surface area contributed by atoms with Crippen LogP contribution in [0.25, 0.3) is 0 Å². The fourth-order valence-electron chi connectivity index (χ4n) is 11.4. The molecule has 0 spiro atoms. The molecule has 111 heavy (non-hydrogen) atoms. The Morgan fingerprint density at radius 3 is 0.973 bits per heavy atom. The first-order valence-electron chi connectivity index (χ1n) is 40.4. The molecule has 2 atom stereocenters. The number of amides is 4. The van der Waals surface area contributed by atoms with Gasteiger partial charge >= 0.3 is 23.9 Å². The van der Waals surface area contributed by atoms with Gasteiger partial charge in [0, 0.05) is 112 Å². The summed E-state index contributed by atoms with van der Waals surface area (Å²) in [5.41, 5.74) is 0.931. The lowest BCUT2D eigenvalue weighted by molar-refractivity contribution is -0.144. The fraction of sp³-hybridized carbons (Fsp3) is 0.821. The number of ether oxygens (including phenoxy) is 4. The predicted octanol–water partition coefficient (Wildman–Crippen LogP) is 11.4. The van der Waals surface area contributed by atoms with Gasteiger partial charge < -0.3 is 65.5 Å². The van der Waals surface area contributed by atoms with E-state index < -0.39 is 35.7 Å². The maximum atomic E-state index is 12.4. The van der Waals surface area contributed by atoms with E-state index in [1.165, 1.54) is 89.9 Å². The first-order chi connectivity index (χ1) is 53.7. The van der Waals surface area contributed by atoms with E-state index >= 15 is 0 Å². The van der Waals surface area contributed by atoms with Gasteiger partial charge in [-0.25, -0.2) is 5.90 Å². The zero-order valence-corrected chi connectivity index (χ0v) is 69.5. The quantitative estimate of drug-likeness (QED) is 0.0202. The van der Waals surface area contributed by atoms with Crippen molar-refractivity contribution in [2.75, 3.05) is 125 Å². The molecule has 10 N–H and O–H groups in total. The van der Waals surface area contributed by atoms with Gasteiger partial charge in [0.15, 0.2) is 24.0 Å². The minimum Gasteiger partial charge on any atom is -0.481 e. The van der Waals surface area contributed by atoms with Crippen LogP contribution in [0.1, 0.15) is 270 Å². The lowest BCUT2D eigenvalue weighted by atomic mass is 9.94. The molecule has 2 aliphatic heterocycles. The summed E-state index contributed by atoms with van der Waals surface area (Å²) in [5, 5.41) is 53.1. The van der Waals surface area contributed by atoms with E-state index in [1.807, 2.05) is 0 Å². The molecule has 33 heteroatoms. The molecule has 640 valence electrons. The predicted molar refractivity (Wildman–Crippen MR) is 435 cm³/mol. The Hall–Kier alpha value is -5.26. The smallest absolute Gasteiger partial charge is 0.306 e. The minimum atomic E-state index is -1.07. The van der Waals surface area contributed by atoms with Crippen molar-refractivity contribution in [3.8, 4) is 0 Å². The molecule has 2 heterocycles. The van der Waals surface area contributed by atoms with Crippen LogP contribution in [0.3, 0.4) is 0 Å². The summed E-state index contributed by atoms with van der Waals surface area (Å²) in [6.45, 7) is 2.05. The van der Waals surface area contributed by atoms with Crippen molar-refractivity contribution in [1.29, 1.82) is 0 Å². The van der Waals surface area contributed by atoms with Crippen molar-refractivity contribution in [2.45, 2.75) is 270 Å². The maximum Gasteiger partial charge on any atom is 0.306 e. The largest absolute Gasteiger partial charge is 0.481 e. The summed E-state index contributed by atoms with van der Waals surface area (Å²) in [4.78, 5) is 160. The van der Waals surface area contributed by atoms with E-state index in [1.54, 1.807) is 47.0 Å². The van der Waals surface area contributed by atoms with E-state index in [-0.39, 0.29) is 190 Å². The second-order valence-corrected chi connectivity index (χ2v) is 32.4. The van der Waals surface area contributed by atoms with Gasteiger partial charge in [-0.1, -0.05) is 159 Å². The molecule has 0 bridgehead atoms. The highest BCUT2D eigenvalue weighted by atomic mass is 32.2. The number of ketones is 5. The Bertz CT molecular complexity index is 2550. The molecule has 0 radical (unpaired) electrons. The van der Waals surface area contributed by atoms with Crippen molar-refractivity contribution in [2.24, 2.45) is 22.9 Å². The van der Waals surface area contributed by atoms with Crippen LogP contribution in [0.4, 0.5) is 0 Å². The van der Waals surface area contributed by atoms with Gasteiger partial charge in [0.1, 0.15) is 31.4 Å². The second-order valence-electron chi connectivity index (χ2n) is 27.7. The zero-order valence-electron chi connectivity index (χ0n) is 66.2. The minimum absolute atomic E-state index is 0.00848. The highest BCUT2D eigenvalue weighted by molar-refractivity contribution is 8.18. The molecule has 2 fully saturated rings. The number of nitrogens with two attached hydrogens (primary N) is 1. The number of unbranched alkanes of at least 4 members (excludes halogenated alkanes) is 26. The summed E-state index contributed by atoms with van der Waals surface area (Å²) in [6.07, 6.45) is 33.6. The molecule has 0 saturated carbocycles. The average Bonchev–Trinajstić information content (AvgIpc) is 0.937. The molecular weight excluding hydrogens is 1520 g/mol. The Labute approximate surface area is 676 Å². The highest BCUT2D eigenvalue weighted by Gasteiger charge is 2.24. The number of carbonyl (C=O) groups is 13. The summed E-state index contributed by atoms with van der Waals surface area (Å²) in [5.74, 6) is 1.43. The Morgan fingerprint density at radius 1 is 0.342 bits per heavy atom. The first-order valence-corrected chi connectivity index (χ1v) is 45.0. The Balaban J connectivity index is 0.00000201. The summed E-state index contributed by atoms with van der Waals surface area (Å²) >= 11 is 6.96.